The summed E-state index contributed by atoms with van der Waals surface area (Å²) < 4.78 is 25.9. The summed E-state index contributed by atoms with van der Waals surface area (Å²) in [6.07, 6.45) is 0. The monoisotopic (exact) mass is 312 g/mol. The second-order valence-corrected chi connectivity index (χ2v) is 7.34. The maximum absolute atomic E-state index is 12.2. The minimum Gasteiger partial charge on any atom is -0.258 e. The van der Waals surface area contributed by atoms with E-state index in [1.807, 2.05) is 0 Å². The van der Waals surface area contributed by atoms with Gasteiger partial charge in [-0.1, -0.05) is 18.2 Å². The van der Waals surface area contributed by atoms with Crippen molar-refractivity contribution in [3.05, 3.63) is 57.5 Å². The van der Waals surface area contributed by atoms with Crippen LogP contribution >= 0.6 is 11.3 Å². The van der Waals surface area contributed by atoms with Crippen molar-refractivity contribution in [3.8, 4) is 0 Å². The first-order valence-corrected chi connectivity index (χ1v) is 7.96. The van der Waals surface area contributed by atoms with Gasteiger partial charge < -0.3 is 0 Å². The summed E-state index contributed by atoms with van der Waals surface area (Å²) in [5, 5.41) is 12.4. The van der Waals surface area contributed by atoms with Crippen molar-refractivity contribution in [3.63, 3.8) is 0 Å². The fourth-order valence-corrected chi connectivity index (χ4v) is 4.03. The molecule has 1 aromatic heterocycles. The number of nitro groups is 1. The van der Waals surface area contributed by atoms with Gasteiger partial charge in [0.2, 0.25) is 0 Å². The molecule has 0 atom stereocenters. The first kappa shape index (κ1) is 14.6. The Morgan fingerprint density at radius 3 is 2.65 bits per heavy atom. The third-order valence-corrected chi connectivity index (χ3v) is 5.86. The first-order chi connectivity index (χ1) is 9.41. The van der Waals surface area contributed by atoms with Crippen molar-refractivity contribution in [1.82, 2.24) is 4.31 Å². The molecular formula is C12H12N2O4S2. The smallest absolute Gasteiger partial charge is 0.258 e. The molecule has 106 valence electrons. The molecule has 0 radical (unpaired) electrons. The highest BCUT2D eigenvalue weighted by atomic mass is 32.2. The molecule has 0 saturated heterocycles. The lowest BCUT2D eigenvalue weighted by molar-refractivity contribution is -0.384. The lowest BCUT2D eigenvalue weighted by Gasteiger charge is -2.15. The molecule has 0 aliphatic heterocycles. The van der Waals surface area contributed by atoms with Gasteiger partial charge in [0.1, 0.15) is 4.21 Å². The van der Waals surface area contributed by atoms with Crippen LogP contribution in [0.25, 0.3) is 0 Å². The SMILES string of the molecule is CN(Cc1cccc([N+](=O)[O-])c1)S(=O)(=O)c1cccs1. The Morgan fingerprint density at radius 1 is 1.30 bits per heavy atom. The molecule has 6 nitrogen and oxygen atoms in total. The number of benzene rings is 1. The van der Waals surface area contributed by atoms with Gasteiger partial charge in [0.05, 0.1) is 4.92 Å². The summed E-state index contributed by atoms with van der Waals surface area (Å²) in [6, 6.07) is 9.15. The van der Waals surface area contributed by atoms with E-state index in [0.717, 1.165) is 11.3 Å². The molecule has 0 saturated carbocycles. The number of hydrogen-bond acceptors (Lipinski definition) is 5. The average molecular weight is 312 g/mol. The molecule has 8 heteroatoms. The highest BCUT2D eigenvalue weighted by molar-refractivity contribution is 7.91. The van der Waals surface area contributed by atoms with Crippen LogP contribution in [0.1, 0.15) is 5.56 Å². The van der Waals surface area contributed by atoms with E-state index >= 15 is 0 Å². The van der Waals surface area contributed by atoms with Crippen LogP contribution in [0, 0.1) is 10.1 Å². The molecule has 2 aromatic rings. The standard InChI is InChI=1S/C12H12N2O4S2/c1-13(20(17,18)12-6-3-7-19-12)9-10-4-2-5-11(8-10)14(15)16/h2-8H,9H2,1H3. The molecule has 0 aliphatic rings. The molecule has 0 unspecified atom stereocenters. The molecule has 0 spiro atoms. The largest absolute Gasteiger partial charge is 0.269 e. The third kappa shape index (κ3) is 3.03. The van der Waals surface area contributed by atoms with Crippen molar-refractivity contribution >= 4 is 27.0 Å². The van der Waals surface area contributed by atoms with E-state index in [-0.39, 0.29) is 16.4 Å². The molecule has 2 rings (SSSR count). The number of non-ortho nitro benzene ring substituents is 1. The van der Waals surface area contributed by atoms with Crippen LogP contribution in [-0.2, 0) is 16.6 Å². The van der Waals surface area contributed by atoms with E-state index < -0.39 is 14.9 Å². The fraction of sp³-hybridized carbons (Fsp3) is 0.167. The third-order valence-electron chi connectivity index (χ3n) is 2.69. The molecule has 1 aromatic carbocycles. The van der Waals surface area contributed by atoms with Crippen LogP contribution in [0.2, 0.25) is 0 Å². The number of rotatable bonds is 5. The van der Waals surface area contributed by atoms with Gasteiger partial charge in [-0.25, -0.2) is 8.42 Å². The number of nitrogens with zero attached hydrogens (tertiary/aromatic N) is 2. The minimum atomic E-state index is -3.54. The minimum absolute atomic E-state index is 0.0515. The van der Waals surface area contributed by atoms with E-state index in [1.54, 1.807) is 23.6 Å². The molecule has 0 fully saturated rings. The average Bonchev–Trinajstić information content (AvgIpc) is 2.93. The summed E-state index contributed by atoms with van der Waals surface area (Å²) in [7, 11) is -2.09. The zero-order chi connectivity index (χ0) is 14.8. The van der Waals surface area contributed by atoms with Crippen LogP contribution in [0.15, 0.2) is 46.0 Å². The summed E-state index contributed by atoms with van der Waals surface area (Å²) in [5.74, 6) is 0. The van der Waals surface area contributed by atoms with Gasteiger partial charge in [0.25, 0.3) is 15.7 Å². The number of thiophene rings is 1. The van der Waals surface area contributed by atoms with Crippen LogP contribution in [-0.4, -0.2) is 24.7 Å². The van der Waals surface area contributed by atoms with E-state index in [9.17, 15) is 18.5 Å². The van der Waals surface area contributed by atoms with Crippen molar-refractivity contribution in [1.29, 1.82) is 0 Å². The lowest BCUT2D eigenvalue weighted by atomic mass is 10.2. The van der Waals surface area contributed by atoms with Crippen molar-refractivity contribution in [2.45, 2.75) is 10.8 Å². The lowest BCUT2D eigenvalue weighted by Crippen LogP contribution is -2.25. The van der Waals surface area contributed by atoms with Gasteiger partial charge in [-0.2, -0.15) is 4.31 Å². The van der Waals surface area contributed by atoms with E-state index in [4.69, 9.17) is 0 Å². The van der Waals surface area contributed by atoms with Gasteiger partial charge >= 0.3 is 0 Å². The zero-order valence-electron chi connectivity index (χ0n) is 10.6. The highest BCUT2D eigenvalue weighted by Crippen LogP contribution is 2.22. The van der Waals surface area contributed by atoms with Gasteiger partial charge in [0.15, 0.2) is 0 Å². The molecule has 0 aliphatic carbocycles. The molecular weight excluding hydrogens is 300 g/mol. The van der Waals surface area contributed by atoms with Crippen LogP contribution < -0.4 is 0 Å². The quantitative estimate of drug-likeness (QED) is 0.627. The Labute approximate surface area is 120 Å². The molecule has 0 amide bonds. The summed E-state index contributed by atoms with van der Waals surface area (Å²) >= 11 is 1.14. The predicted octanol–water partition coefficient (Wildman–Crippen LogP) is 2.48. The number of nitro benzene ring substituents is 1. The Kier molecular flexibility index (Phi) is 4.17. The molecule has 0 N–H and O–H groups in total. The van der Waals surface area contributed by atoms with Crippen molar-refractivity contribution in [2.24, 2.45) is 0 Å². The highest BCUT2D eigenvalue weighted by Gasteiger charge is 2.22. The van der Waals surface area contributed by atoms with E-state index in [0.29, 0.717) is 5.56 Å². The maximum Gasteiger partial charge on any atom is 0.269 e. The van der Waals surface area contributed by atoms with Crippen LogP contribution in [0.4, 0.5) is 5.69 Å². The Morgan fingerprint density at radius 2 is 2.05 bits per heavy atom. The van der Waals surface area contributed by atoms with Crippen LogP contribution in [0.3, 0.4) is 0 Å². The van der Waals surface area contributed by atoms with Crippen LogP contribution in [0.5, 0.6) is 0 Å². The van der Waals surface area contributed by atoms with E-state index in [1.165, 1.54) is 29.6 Å². The molecule has 1 heterocycles. The Balaban J connectivity index is 2.22. The topological polar surface area (TPSA) is 80.5 Å². The number of hydrogen-bond donors (Lipinski definition) is 0. The second-order valence-electron chi connectivity index (χ2n) is 4.12. The molecule has 0 bridgehead atoms. The second kappa shape index (κ2) is 5.70. The van der Waals surface area contributed by atoms with Gasteiger partial charge in [-0.05, 0) is 17.0 Å². The van der Waals surface area contributed by atoms with E-state index in [2.05, 4.69) is 0 Å². The van der Waals surface area contributed by atoms with Gasteiger partial charge in [0, 0.05) is 25.7 Å². The molecule has 20 heavy (non-hydrogen) atoms. The zero-order valence-corrected chi connectivity index (χ0v) is 12.2. The summed E-state index contributed by atoms with van der Waals surface area (Å²) in [6.45, 7) is 0.0852. The summed E-state index contributed by atoms with van der Waals surface area (Å²) in [5.41, 5.74) is 0.520. The normalized spacial score (nSPS) is 11.7. The fourth-order valence-electron chi connectivity index (χ4n) is 1.67. The first-order valence-electron chi connectivity index (χ1n) is 5.64. The van der Waals surface area contributed by atoms with Crippen molar-refractivity contribution in [2.75, 3.05) is 7.05 Å². The van der Waals surface area contributed by atoms with Gasteiger partial charge in [-0.15, -0.1) is 11.3 Å². The summed E-state index contributed by atoms with van der Waals surface area (Å²) in [4.78, 5) is 10.2. The Hall–Kier alpha value is -1.77. The Bertz CT molecular complexity index is 711. The number of sulfonamides is 1. The predicted molar refractivity (Wildman–Crippen MR) is 76.1 cm³/mol. The van der Waals surface area contributed by atoms with Gasteiger partial charge in [-0.3, -0.25) is 10.1 Å². The van der Waals surface area contributed by atoms with Crippen molar-refractivity contribution < 1.29 is 13.3 Å². The maximum atomic E-state index is 12.2.